The monoisotopic (exact) mass is 652 g/mol. The molecule has 0 saturated carbocycles. The molecule has 1 fully saturated rings. The van der Waals surface area contributed by atoms with E-state index in [1.807, 2.05) is 85.7 Å². The Labute approximate surface area is 280 Å². The molecule has 0 unspecified atom stereocenters. The van der Waals surface area contributed by atoms with Crippen molar-refractivity contribution < 1.29 is 24.3 Å². The van der Waals surface area contributed by atoms with E-state index in [1.165, 1.54) is 0 Å². The molecular formula is C37H44N6O5. The number of carbonyl (C=O) groups excluding carboxylic acids is 3. The van der Waals surface area contributed by atoms with Crippen molar-refractivity contribution >= 4 is 46.1 Å². The fourth-order valence-electron chi connectivity index (χ4n) is 6.48. The number of H-pyrrole nitrogens is 1. The minimum absolute atomic E-state index is 0.0817. The molecule has 4 N–H and O–H groups in total. The fourth-order valence-corrected chi connectivity index (χ4v) is 6.48. The van der Waals surface area contributed by atoms with Crippen LogP contribution in [0, 0.1) is 0 Å². The third kappa shape index (κ3) is 7.36. The molecule has 11 nitrogen and oxygen atoms in total. The van der Waals surface area contributed by atoms with Crippen molar-refractivity contribution in [3.8, 4) is 11.3 Å². The molecule has 1 aromatic heterocycles. The summed E-state index contributed by atoms with van der Waals surface area (Å²) in [5.41, 5.74) is 3.98. The minimum atomic E-state index is -1.16. The van der Waals surface area contributed by atoms with Crippen molar-refractivity contribution in [3.05, 3.63) is 84.4 Å². The van der Waals surface area contributed by atoms with Gasteiger partial charge in [-0.25, -0.2) is 4.79 Å². The Morgan fingerprint density at radius 2 is 1.58 bits per heavy atom. The lowest BCUT2D eigenvalue weighted by Gasteiger charge is -2.37. The van der Waals surface area contributed by atoms with Gasteiger partial charge < -0.3 is 25.6 Å². The molecule has 252 valence electrons. The number of likely N-dealkylation sites (tertiary alicyclic amines) is 1. The average Bonchev–Trinajstić information content (AvgIpc) is 3.69. The van der Waals surface area contributed by atoms with Crippen molar-refractivity contribution in [2.24, 2.45) is 0 Å². The molecule has 5 rings (SSSR count). The minimum Gasteiger partial charge on any atom is -0.465 e. The maximum Gasteiger partial charge on any atom is 0.408 e. The number of aromatic amines is 1. The summed E-state index contributed by atoms with van der Waals surface area (Å²) in [5.74, 6) is -0.705. The van der Waals surface area contributed by atoms with E-state index in [1.54, 1.807) is 44.7 Å². The number of amides is 4. The van der Waals surface area contributed by atoms with Crippen molar-refractivity contribution in [3.63, 3.8) is 0 Å². The van der Waals surface area contributed by atoms with Crippen molar-refractivity contribution in [2.45, 2.75) is 64.2 Å². The molecular weight excluding hydrogens is 608 g/mol. The highest BCUT2D eigenvalue weighted by Crippen LogP contribution is 2.30. The van der Waals surface area contributed by atoms with Crippen LogP contribution in [0.3, 0.4) is 0 Å². The van der Waals surface area contributed by atoms with Gasteiger partial charge >= 0.3 is 6.09 Å². The van der Waals surface area contributed by atoms with E-state index in [9.17, 15) is 24.3 Å². The molecule has 3 atom stereocenters. The first-order valence-electron chi connectivity index (χ1n) is 16.1. The van der Waals surface area contributed by atoms with Gasteiger partial charge in [0, 0.05) is 40.1 Å². The molecule has 0 bridgehead atoms. The Bertz CT molecular complexity index is 1790. The molecule has 3 aromatic carbocycles. The predicted octanol–water partition coefficient (Wildman–Crippen LogP) is 6.17. The molecule has 4 aromatic rings. The molecule has 11 heteroatoms. The smallest absolute Gasteiger partial charge is 0.408 e. The normalized spacial score (nSPS) is 16.1. The topological polar surface area (TPSA) is 138 Å². The lowest BCUT2D eigenvalue weighted by atomic mass is 10.0. The van der Waals surface area contributed by atoms with E-state index >= 15 is 0 Å². The Kier molecular flexibility index (Phi) is 9.90. The summed E-state index contributed by atoms with van der Waals surface area (Å²) in [4.78, 5) is 60.0. The van der Waals surface area contributed by atoms with Crippen LogP contribution in [0.5, 0.6) is 0 Å². The predicted molar refractivity (Wildman–Crippen MR) is 188 cm³/mol. The van der Waals surface area contributed by atoms with E-state index < -0.39 is 35.7 Å². The standard InChI is InChI=1S/C37H44N6O5/c1-23(43(36(47)48)37(2,3)4)33(44)38-27-16-14-24(15-17-27)30-22-26-21-28(18-19-29(26)40-30)39-34(45)31-13-10-20-42(31)35(46)32(41(5)6)25-11-8-7-9-12-25/h7-9,11-12,14-19,21-23,31-32,40H,10,13,20H2,1-6H3,(H,38,44)(H,39,45)(H,47,48)/t23-,31-,32+/m0/s1. The highest BCUT2D eigenvalue weighted by molar-refractivity contribution is 6.00. The van der Waals surface area contributed by atoms with Crippen LogP contribution < -0.4 is 10.6 Å². The fraction of sp³-hybridized carbons (Fsp3) is 0.351. The van der Waals surface area contributed by atoms with Gasteiger partial charge in [0.1, 0.15) is 18.1 Å². The Balaban J connectivity index is 1.26. The number of benzene rings is 3. The van der Waals surface area contributed by atoms with Crippen LogP contribution in [0.25, 0.3) is 22.2 Å². The molecule has 48 heavy (non-hydrogen) atoms. The van der Waals surface area contributed by atoms with E-state index in [-0.39, 0.29) is 11.8 Å². The van der Waals surface area contributed by atoms with Crippen molar-refractivity contribution in [1.82, 2.24) is 19.7 Å². The van der Waals surface area contributed by atoms with Gasteiger partial charge in [0.25, 0.3) is 0 Å². The zero-order valence-corrected chi connectivity index (χ0v) is 28.3. The average molecular weight is 653 g/mol. The van der Waals surface area contributed by atoms with E-state index in [0.717, 1.165) is 39.0 Å². The molecule has 1 aliphatic rings. The van der Waals surface area contributed by atoms with Gasteiger partial charge in [-0.15, -0.1) is 0 Å². The molecule has 2 heterocycles. The van der Waals surface area contributed by atoms with Gasteiger partial charge in [-0.3, -0.25) is 24.2 Å². The number of anilines is 2. The number of carbonyl (C=O) groups is 4. The van der Waals surface area contributed by atoms with E-state index in [2.05, 4.69) is 15.6 Å². The molecule has 1 aliphatic heterocycles. The summed E-state index contributed by atoms with van der Waals surface area (Å²) in [6.07, 6.45) is 0.208. The number of hydrogen-bond donors (Lipinski definition) is 4. The first kappa shape index (κ1) is 34.2. The number of carboxylic acid groups (broad SMARTS) is 1. The van der Waals surface area contributed by atoms with Crippen LogP contribution in [0.4, 0.5) is 16.2 Å². The summed E-state index contributed by atoms with van der Waals surface area (Å²) >= 11 is 0. The van der Waals surface area contributed by atoms with Crippen LogP contribution in [0.2, 0.25) is 0 Å². The third-order valence-corrected chi connectivity index (χ3v) is 8.75. The van der Waals surface area contributed by atoms with Gasteiger partial charge in [-0.2, -0.15) is 0 Å². The number of rotatable bonds is 9. The second kappa shape index (κ2) is 13.9. The third-order valence-electron chi connectivity index (χ3n) is 8.75. The maximum absolute atomic E-state index is 13.7. The van der Waals surface area contributed by atoms with Crippen LogP contribution in [-0.2, 0) is 14.4 Å². The second-order valence-electron chi connectivity index (χ2n) is 13.5. The van der Waals surface area contributed by atoms with E-state index in [0.29, 0.717) is 24.3 Å². The zero-order chi connectivity index (χ0) is 34.7. The number of fused-ring (bicyclic) bond motifs is 1. The Morgan fingerprint density at radius 1 is 0.917 bits per heavy atom. The summed E-state index contributed by atoms with van der Waals surface area (Å²) in [6.45, 7) is 7.35. The molecule has 4 amide bonds. The molecule has 1 saturated heterocycles. The first-order valence-corrected chi connectivity index (χ1v) is 16.1. The number of nitrogens with zero attached hydrogens (tertiary/aromatic N) is 3. The van der Waals surface area contributed by atoms with Gasteiger partial charge in [0.2, 0.25) is 17.7 Å². The van der Waals surface area contributed by atoms with Gasteiger partial charge in [0.05, 0.1) is 0 Å². The van der Waals surface area contributed by atoms with Crippen LogP contribution in [0.15, 0.2) is 78.9 Å². The Hall–Kier alpha value is -5.16. The number of hydrogen-bond acceptors (Lipinski definition) is 5. The van der Waals surface area contributed by atoms with E-state index in [4.69, 9.17) is 0 Å². The zero-order valence-electron chi connectivity index (χ0n) is 28.3. The quantitative estimate of drug-likeness (QED) is 0.171. The van der Waals surface area contributed by atoms with Crippen LogP contribution >= 0.6 is 0 Å². The van der Waals surface area contributed by atoms with Crippen LogP contribution in [-0.4, -0.2) is 86.9 Å². The highest BCUT2D eigenvalue weighted by atomic mass is 16.4. The Morgan fingerprint density at radius 3 is 2.21 bits per heavy atom. The van der Waals surface area contributed by atoms with Gasteiger partial charge in [-0.1, -0.05) is 42.5 Å². The van der Waals surface area contributed by atoms with Crippen LogP contribution in [0.1, 0.15) is 52.1 Å². The van der Waals surface area contributed by atoms with Gasteiger partial charge in [-0.05, 0) is 102 Å². The summed E-state index contributed by atoms with van der Waals surface area (Å²) in [6, 6.07) is 22.6. The SMILES string of the molecule is C[C@@H](C(=O)Nc1ccc(-c2cc3cc(NC(=O)[C@@H]4CCCN4C(=O)[C@@H](c4ccccc4)N(C)C)ccc3[nH]2)cc1)N(C(=O)O)C(C)(C)C. The number of likely N-dealkylation sites (N-methyl/N-ethyl adjacent to an activating group) is 1. The highest BCUT2D eigenvalue weighted by Gasteiger charge is 2.38. The summed E-state index contributed by atoms with van der Waals surface area (Å²) < 4.78 is 0. The number of aromatic nitrogens is 1. The van der Waals surface area contributed by atoms with Crippen molar-refractivity contribution in [1.29, 1.82) is 0 Å². The largest absolute Gasteiger partial charge is 0.465 e. The summed E-state index contributed by atoms with van der Waals surface area (Å²) in [5, 5.41) is 16.4. The molecule has 0 radical (unpaired) electrons. The maximum atomic E-state index is 13.7. The van der Waals surface area contributed by atoms with Gasteiger partial charge in [0.15, 0.2) is 0 Å². The first-order chi connectivity index (χ1) is 22.7. The number of nitrogens with one attached hydrogen (secondary N) is 3. The lowest BCUT2D eigenvalue weighted by Crippen LogP contribution is -2.54. The molecule has 0 spiro atoms. The summed E-state index contributed by atoms with van der Waals surface area (Å²) in [7, 11) is 3.75. The molecule has 0 aliphatic carbocycles. The lowest BCUT2D eigenvalue weighted by molar-refractivity contribution is -0.140. The second-order valence-corrected chi connectivity index (χ2v) is 13.5. The van der Waals surface area contributed by atoms with Crippen molar-refractivity contribution in [2.75, 3.05) is 31.3 Å².